The van der Waals surface area contributed by atoms with E-state index >= 15 is 0 Å². The van der Waals surface area contributed by atoms with Crippen molar-refractivity contribution in [1.82, 2.24) is 9.03 Å². The van der Waals surface area contributed by atoms with E-state index in [0.717, 1.165) is 10.7 Å². The average Bonchev–Trinajstić information content (AvgIpc) is 2.37. The second-order valence-electron chi connectivity index (χ2n) is 5.25. The number of carboxylic acid groups (broad SMARTS) is 1. The zero-order chi connectivity index (χ0) is 14.7. The van der Waals surface area contributed by atoms with Crippen LogP contribution in [0.3, 0.4) is 0 Å². The normalized spacial score (nSPS) is 22.4. The minimum absolute atomic E-state index is 0.0919. The van der Waals surface area contributed by atoms with Crippen molar-refractivity contribution < 1.29 is 23.1 Å². The summed E-state index contributed by atoms with van der Waals surface area (Å²) >= 11 is 0. The molecular weight excluding hydrogens is 272 g/mol. The van der Waals surface area contributed by atoms with Gasteiger partial charge in [-0.25, -0.2) is 0 Å². The van der Waals surface area contributed by atoms with Crippen LogP contribution in [0, 0.1) is 0 Å². The summed E-state index contributed by atoms with van der Waals surface area (Å²) in [5.41, 5.74) is -0.637. The van der Waals surface area contributed by atoms with Crippen molar-refractivity contribution >= 4 is 16.2 Å². The molecule has 0 aromatic rings. The predicted molar refractivity (Wildman–Crippen MR) is 70.0 cm³/mol. The first kappa shape index (κ1) is 16.4. The number of methoxy groups -OCH3 is 1. The van der Waals surface area contributed by atoms with Gasteiger partial charge in [0.1, 0.15) is 6.04 Å². The third kappa shape index (κ3) is 4.41. The highest BCUT2D eigenvalue weighted by atomic mass is 32.2. The monoisotopic (exact) mass is 294 g/mol. The van der Waals surface area contributed by atoms with E-state index in [2.05, 4.69) is 4.72 Å². The molecule has 0 saturated carbocycles. The molecule has 1 unspecified atom stereocenters. The number of hydrogen-bond donors (Lipinski definition) is 2. The van der Waals surface area contributed by atoms with Crippen LogP contribution in [0.4, 0.5) is 0 Å². The highest BCUT2D eigenvalue weighted by Crippen LogP contribution is 2.20. The maximum atomic E-state index is 12.2. The van der Waals surface area contributed by atoms with Gasteiger partial charge in [0, 0.05) is 20.2 Å². The number of aliphatic carboxylic acids is 1. The Kier molecular flexibility index (Phi) is 5.31. The van der Waals surface area contributed by atoms with Gasteiger partial charge in [0.2, 0.25) is 0 Å². The van der Waals surface area contributed by atoms with Crippen molar-refractivity contribution in [3.8, 4) is 0 Å². The van der Waals surface area contributed by atoms with E-state index in [1.165, 1.54) is 7.11 Å². The number of piperidine rings is 1. The lowest BCUT2D eigenvalue weighted by molar-refractivity contribution is -0.142. The molecule has 0 aromatic heterocycles. The molecule has 0 bridgehead atoms. The molecule has 0 spiro atoms. The van der Waals surface area contributed by atoms with E-state index in [1.807, 2.05) is 0 Å². The van der Waals surface area contributed by atoms with E-state index in [9.17, 15) is 13.2 Å². The van der Waals surface area contributed by atoms with E-state index in [-0.39, 0.29) is 13.1 Å². The van der Waals surface area contributed by atoms with Crippen molar-refractivity contribution in [3.63, 3.8) is 0 Å². The Bertz CT molecular complexity index is 421. The zero-order valence-electron chi connectivity index (χ0n) is 11.5. The second-order valence-corrected chi connectivity index (χ2v) is 6.96. The number of carboxylic acids is 1. The standard InChI is InChI=1S/C11H22N2O5S/c1-11(2,18-3)8-12-19(16,17)13-7-5-4-6-9(13)10(14)15/h9,12H,4-8H2,1-3H3,(H,14,15). The Morgan fingerprint density at radius 1 is 1.47 bits per heavy atom. The molecule has 0 radical (unpaired) electrons. The lowest BCUT2D eigenvalue weighted by Gasteiger charge is -2.33. The fourth-order valence-electron chi connectivity index (χ4n) is 1.86. The first-order valence-electron chi connectivity index (χ1n) is 6.24. The van der Waals surface area contributed by atoms with Crippen LogP contribution in [-0.4, -0.2) is 55.6 Å². The van der Waals surface area contributed by atoms with Crippen LogP contribution in [-0.2, 0) is 19.7 Å². The largest absolute Gasteiger partial charge is 0.480 e. The third-order valence-electron chi connectivity index (χ3n) is 3.28. The Hall–Kier alpha value is -0.700. The molecule has 7 nitrogen and oxygen atoms in total. The Labute approximate surface area is 114 Å². The summed E-state index contributed by atoms with van der Waals surface area (Å²) in [6.45, 7) is 3.83. The number of nitrogens with one attached hydrogen (secondary N) is 1. The van der Waals surface area contributed by atoms with E-state index in [1.54, 1.807) is 13.8 Å². The fraction of sp³-hybridized carbons (Fsp3) is 0.909. The maximum Gasteiger partial charge on any atom is 0.322 e. The van der Waals surface area contributed by atoms with Gasteiger partial charge in [-0.3, -0.25) is 4.79 Å². The van der Waals surface area contributed by atoms with Crippen molar-refractivity contribution in [2.45, 2.75) is 44.8 Å². The fourth-order valence-corrected chi connectivity index (χ4v) is 3.46. The first-order chi connectivity index (χ1) is 8.69. The average molecular weight is 294 g/mol. The number of hydrogen-bond acceptors (Lipinski definition) is 4. The van der Waals surface area contributed by atoms with Gasteiger partial charge in [0.05, 0.1) is 5.60 Å². The van der Waals surface area contributed by atoms with Crippen LogP contribution in [0.15, 0.2) is 0 Å². The van der Waals surface area contributed by atoms with Gasteiger partial charge in [-0.15, -0.1) is 0 Å². The van der Waals surface area contributed by atoms with Crippen molar-refractivity contribution in [2.75, 3.05) is 20.2 Å². The van der Waals surface area contributed by atoms with Crippen LogP contribution in [0.1, 0.15) is 33.1 Å². The molecule has 2 N–H and O–H groups in total. The molecule has 1 aliphatic rings. The molecule has 1 rings (SSSR count). The Morgan fingerprint density at radius 2 is 2.11 bits per heavy atom. The van der Waals surface area contributed by atoms with Crippen LogP contribution in [0.5, 0.6) is 0 Å². The van der Waals surface area contributed by atoms with Gasteiger partial charge in [-0.2, -0.15) is 17.4 Å². The second kappa shape index (κ2) is 6.17. The molecule has 19 heavy (non-hydrogen) atoms. The molecule has 1 saturated heterocycles. The third-order valence-corrected chi connectivity index (χ3v) is 4.84. The summed E-state index contributed by atoms with van der Waals surface area (Å²) in [4.78, 5) is 11.1. The highest BCUT2D eigenvalue weighted by Gasteiger charge is 2.37. The van der Waals surface area contributed by atoms with Crippen LogP contribution >= 0.6 is 0 Å². The molecule has 8 heteroatoms. The van der Waals surface area contributed by atoms with Crippen LogP contribution < -0.4 is 4.72 Å². The smallest absolute Gasteiger partial charge is 0.322 e. The summed E-state index contributed by atoms with van der Waals surface area (Å²) < 4.78 is 32.9. The molecule has 0 aromatic carbocycles. The van der Waals surface area contributed by atoms with Crippen LogP contribution in [0.25, 0.3) is 0 Å². The zero-order valence-corrected chi connectivity index (χ0v) is 12.4. The molecule has 1 atom stereocenters. The van der Waals surface area contributed by atoms with E-state index in [4.69, 9.17) is 9.84 Å². The Morgan fingerprint density at radius 3 is 2.63 bits per heavy atom. The summed E-state index contributed by atoms with van der Waals surface area (Å²) in [5.74, 6) is -1.10. The van der Waals surface area contributed by atoms with E-state index < -0.39 is 27.8 Å². The molecule has 112 valence electrons. The SMILES string of the molecule is COC(C)(C)CNS(=O)(=O)N1CCCCC1C(=O)O. The maximum absolute atomic E-state index is 12.2. The number of ether oxygens (including phenoxy) is 1. The van der Waals surface area contributed by atoms with Gasteiger partial charge in [0.15, 0.2) is 0 Å². The quantitative estimate of drug-likeness (QED) is 0.729. The minimum atomic E-state index is -3.80. The molecule has 0 amide bonds. The molecule has 1 fully saturated rings. The molecule has 1 aliphatic heterocycles. The molecular formula is C11H22N2O5S. The predicted octanol–water partition coefficient (Wildman–Crippen LogP) is 0.185. The van der Waals surface area contributed by atoms with Crippen LogP contribution in [0.2, 0.25) is 0 Å². The molecule has 1 heterocycles. The van der Waals surface area contributed by atoms with E-state index in [0.29, 0.717) is 12.8 Å². The molecule has 0 aliphatic carbocycles. The van der Waals surface area contributed by atoms with Crippen molar-refractivity contribution in [3.05, 3.63) is 0 Å². The first-order valence-corrected chi connectivity index (χ1v) is 7.68. The van der Waals surface area contributed by atoms with Crippen molar-refractivity contribution in [1.29, 1.82) is 0 Å². The van der Waals surface area contributed by atoms with Gasteiger partial charge in [-0.1, -0.05) is 0 Å². The highest BCUT2D eigenvalue weighted by molar-refractivity contribution is 7.87. The Balaban J connectivity index is 2.77. The van der Waals surface area contributed by atoms with Gasteiger partial charge < -0.3 is 9.84 Å². The lowest BCUT2D eigenvalue weighted by atomic mass is 10.1. The van der Waals surface area contributed by atoms with Crippen molar-refractivity contribution in [2.24, 2.45) is 0 Å². The number of carbonyl (C=O) groups is 1. The van der Waals surface area contributed by atoms with Gasteiger partial charge >= 0.3 is 5.97 Å². The summed E-state index contributed by atoms with van der Waals surface area (Å²) in [7, 11) is -2.30. The van der Waals surface area contributed by atoms with Gasteiger partial charge in [0.25, 0.3) is 10.2 Å². The minimum Gasteiger partial charge on any atom is -0.480 e. The summed E-state index contributed by atoms with van der Waals surface area (Å²) in [5, 5.41) is 9.09. The lowest BCUT2D eigenvalue weighted by Crippen LogP contribution is -2.54. The summed E-state index contributed by atoms with van der Waals surface area (Å²) in [6.07, 6.45) is 1.76. The van der Waals surface area contributed by atoms with Gasteiger partial charge in [-0.05, 0) is 33.1 Å². The topological polar surface area (TPSA) is 95.9 Å². The number of nitrogens with zero attached hydrogens (tertiary/aromatic N) is 1. The number of rotatable bonds is 6. The summed E-state index contributed by atoms with van der Waals surface area (Å²) in [6, 6.07) is -0.975.